The third kappa shape index (κ3) is 6.02. The van der Waals surface area contributed by atoms with E-state index in [0.717, 1.165) is 19.6 Å². The van der Waals surface area contributed by atoms with E-state index >= 15 is 0 Å². The number of hydrogen-bond acceptors (Lipinski definition) is 3. The molecule has 0 unspecified atom stereocenters. The highest BCUT2D eigenvalue weighted by molar-refractivity contribution is 4.57. The predicted octanol–water partition coefficient (Wildman–Crippen LogP) is 1.73. The second-order valence-electron chi connectivity index (χ2n) is 3.15. The van der Waals surface area contributed by atoms with Gasteiger partial charge in [0.05, 0.1) is 0 Å². The molecule has 0 radical (unpaired) electrons. The number of hydrogen-bond donors (Lipinski definition) is 0. The second-order valence-corrected chi connectivity index (χ2v) is 3.15. The maximum atomic E-state index is 5.15. The molecule has 0 heterocycles. The summed E-state index contributed by atoms with van der Waals surface area (Å²) in [7, 11) is 3.36. The maximum absolute atomic E-state index is 5.15. The zero-order valence-electron chi connectivity index (χ0n) is 9.38. The van der Waals surface area contributed by atoms with Crippen LogP contribution < -0.4 is 0 Å². The molecule has 0 fully saturated rings. The molecule has 0 rings (SSSR count). The smallest absolute Gasteiger partial charge is 0.169 e. The van der Waals surface area contributed by atoms with Crippen LogP contribution in [0.2, 0.25) is 0 Å². The lowest BCUT2D eigenvalue weighted by atomic mass is 10.3. The van der Waals surface area contributed by atoms with Crippen molar-refractivity contribution in [3.05, 3.63) is 0 Å². The first-order chi connectivity index (χ1) is 6.28. The third-order valence-corrected chi connectivity index (χ3v) is 2.21. The summed E-state index contributed by atoms with van der Waals surface area (Å²) in [5, 5.41) is 0. The Labute approximate surface area is 82.0 Å². The Morgan fingerprint density at radius 2 is 1.77 bits per heavy atom. The summed E-state index contributed by atoms with van der Waals surface area (Å²) >= 11 is 0. The van der Waals surface area contributed by atoms with Crippen LogP contribution in [0, 0.1) is 0 Å². The quantitative estimate of drug-likeness (QED) is 0.543. The fraction of sp³-hybridized carbons (Fsp3) is 1.00. The number of nitrogens with zero attached hydrogens (tertiary/aromatic N) is 1. The summed E-state index contributed by atoms with van der Waals surface area (Å²) in [6, 6.07) is 0. The second kappa shape index (κ2) is 8.48. The van der Waals surface area contributed by atoms with Crippen LogP contribution in [0.5, 0.6) is 0 Å². The standard InChI is InChI=1S/C10H23NO2/c1-5-7-8-11(6-2)9-10(12-3)13-4/h10H,5-9H2,1-4H3. The molecular weight excluding hydrogens is 166 g/mol. The fourth-order valence-corrected chi connectivity index (χ4v) is 1.22. The first-order valence-electron chi connectivity index (χ1n) is 5.06. The average Bonchev–Trinajstić information content (AvgIpc) is 2.19. The Balaban J connectivity index is 3.67. The first kappa shape index (κ1) is 12.9. The van der Waals surface area contributed by atoms with Gasteiger partial charge in [-0.15, -0.1) is 0 Å². The molecule has 0 aromatic rings. The van der Waals surface area contributed by atoms with Crippen molar-refractivity contribution in [1.82, 2.24) is 4.90 Å². The van der Waals surface area contributed by atoms with E-state index in [9.17, 15) is 0 Å². The Morgan fingerprint density at radius 3 is 2.15 bits per heavy atom. The van der Waals surface area contributed by atoms with Crippen LogP contribution in [0.25, 0.3) is 0 Å². The normalized spacial score (nSPS) is 11.5. The SMILES string of the molecule is CCCCN(CC)CC(OC)OC. The van der Waals surface area contributed by atoms with E-state index in [1.54, 1.807) is 14.2 Å². The Kier molecular flexibility index (Phi) is 8.40. The summed E-state index contributed by atoms with van der Waals surface area (Å²) < 4.78 is 10.3. The molecule has 0 aliphatic heterocycles. The molecule has 0 aliphatic rings. The van der Waals surface area contributed by atoms with Crippen molar-refractivity contribution in [3.63, 3.8) is 0 Å². The lowest BCUT2D eigenvalue weighted by Gasteiger charge is -2.24. The van der Waals surface area contributed by atoms with Crippen molar-refractivity contribution in [2.45, 2.75) is 33.0 Å². The molecule has 0 amide bonds. The number of ether oxygens (including phenoxy) is 2. The molecule has 13 heavy (non-hydrogen) atoms. The number of likely N-dealkylation sites (N-methyl/N-ethyl adjacent to an activating group) is 1. The molecule has 0 aliphatic carbocycles. The van der Waals surface area contributed by atoms with E-state index < -0.39 is 0 Å². The van der Waals surface area contributed by atoms with Gasteiger partial charge in [0.15, 0.2) is 6.29 Å². The average molecular weight is 189 g/mol. The largest absolute Gasteiger partial charge is 0.355 e. The van der Waals surface area contributed by atoms with Crippen molar-refractivity contribution in [2.24, 2.45) is 0 Å². The summed E-state index contributed by atoms with van der Waals surface area (Å²) in [5.41, 5.74) is 0. The topological polar surface area (TPSA) is 21.7 Å². The van der Waals surface area contributed by atoms with Crippen LogP contribution in [0.15, 0.2) is 0 Å². The Morgan fingerprint density at radius 1 is 1.15 bits per heavy atom. The summed E-state index contributed by atoms with van der Waals surface area (Å²) in [6.07, 6.45) is 2.39. The summed E-state index contributed by atoms with van der Waals surface area (Å²) in [6.45, 7) is 7.43. The van der Waals surface area contributed by atoms with Crippen molar-refractivity contribution in [3.8, 4) is 0 Å². The van der Waals surface area contributed by atoms with Crippen molar-refractivity contribution in [1.29, 1.82) is 0 Å². The molecule has 0 saturated carbocycles. The van der Waals surface area contributed by atoms with Gasteiger partial charge in [-0.25, -0.2) is 0 Å². The zero-order chi connectivity index (χ0) is 10.1. The Bertz CT molecular complexity index is 105. The molecule has 80 valence electrons. The van der Waals surface area contributed by atoms with Crippen LogP contribution in [0.1, 0.15) is 26.7 Å². The van der Waals surface area contributed by atoms with Gasteiger partial charge in [0, 0.05) is 20.8 Å². The van der Waals surface area contributed by atoms with Gasteiger partial charge in [0.2, 0.25) is 0 Å². The van der Waals surface area contributed by atoms with Crippen LogP contribution >= 0.6 is 0 Å². The highest BCUT2D eigenvalue weighted by Crippen LogP contribution is 1.99. The van der Waals surface area contributed by atoms with Crippen LogP contribution in [0.3, 0.4) is 0 Å². The first-order valence-corrected chi connectivity index (χ1v) is 5.06. The van der Waals surface area contributed by atoms with Gasteiger partial charge < -0.3 is 9.47 Å². The lowest BCUT2D eigenvalue weighted by molar-refractivity contribution is -0.115. The van der Waals surface area contributed by atoms with Gasteiger partial charge in [-0.3, -0.25) is 4.90 Å². The molecule has 3 nitrogen and oxygen atoms in total. The van der Waals surface area contributed by atoms with Crippen molar-refractivity contribution < 1.29 is 9.47 Å². The summed E-state index contributed by atoms with van der Waals surface area (Å²) in [5.74, 6) is 0. The zero-order valence-corrected chi connectivity index (χ0v) is 9.38. The molecule has 0 bridgehead atoms. The molecule has 0 aromatic heterocycles. The predicted molar refractivity (Wildman–Crippen MR) is 54.8 cm³/mol. The van der Waals surface area contributed by atoms with E-state index in [2.05, 4.69) is 18.7 Å². The number of rotatable bonds is 8. The Hall–Kier alpha value is -0.120. The fourth-order valence-electron chi connectivity index (χ4n) is 1.22. The molecule has 0 spiro atoms. The molecule has 0 saturated heterocycles. The van der Waals surface area contributed by atoms with Crippen LogP contribution in [0.4, 0.5) is 0 Å². The van der Waals surface area contributed by atoms with Gasteiger partial charge in [-0.05, 0) is 19.5 Å². The molecule has 0 aromatic carbocycles. The van der Waals surface area contributed by atoms with Gasteiger partial charge in [-0.2, -0.15) is 0 Å². The van der Waals surface area contributed by atoms with E-state index in [-0.39, 0.29) is 6.29 Å². The minimum Gasteiger partial charge on any atom is -0.355 e. The molecule has 0 N–H and O–H groups in total. The molecule has 3 heteroatoms. The maximum Gasteiger partial charge on any atom is 0.169 e. The number of methoxy groups -OCH3 is 2. The van der Waals surface area contributed by atoms with Crippen molar-refractivity contribution >= 4 is 0 Å². The lowest BCUT2D eigenvalue weighted by Crippen LogP contribution is -2.35. The van der Waals surface area contributed by atoms with E-state index in [1.807, 2.05) is 0 Å². The molecule has 0 atom stereocenters. The highest BCUT2D eigenvalue weighted by Gasteiger charge is 2.10. The van der Waals surface area contributed by atoms with Crippen LogP contribution in [-0.2, 0) is 9.47 Å². The van der Waals surface area contributed by atoms with E-state index in [0.29, 0.717) is 0 Å². The van der Waals surface area contributed by atoms with Crippen LogP contribution in [-0.4, -0.2) is 45.0 Å². The minimum atomic E-state index is -0.0863. The third-order valence-electron chi connectivity index (χ3n) is 2.21. The van der Waals surface area contributed by atoms with Gasteiger partial charge in [0.1, 0.15) is 0 Å². The number of unbranched alkanes of at least 4 members (excludes halogenated alkanes) is 1. The monoisotopic (exact) mass is 189 g/mol. The van der Waals surface area contributed by atoms with E-state index in [1.165, 1.54) is 12.8 Å². The highest BCUT2D eigenvalue weighted by atomic mass is 16.7. The van der Waals surface area contributed by atoms with Gasteiger partial charge in [-0.1, -0.05) is 20.3 Å². The summed E-state index contributed by atoms with van der Waals surface area (Å²) in [4.78, 5) is 2.35. The van der Waals surface area contributed by atoms with Crippen molar-refractivity contribution in [2.75, 3.05) is 33.9 Å². The van der Waals surface area contributed by atoms with E-state index in [4.69, 9.17) is 9.47 Å². The molecular formula is C10H23NO2. The minimum absolute atomic E-state index is 0.0863. The van der Waals surface area contributed by atoms with Gasteiger partial charge in [0.25, 0.3) is 0 Å². The van der Waals surface area contributed by atoms with Gasteiger partial charge >= 0.3 is 0 Å².